The third-order valence-corrected chi connectivity index (χ3v) is 1.97. The first-order valence-electron chi connectivity index (χ1n) is 3.40. The minimum Gasteiger partial charge on any atom is -0.316 e. The number of hydrogen-bond acceptors (Lipinski definition) is 3. The lowest BCUT2D eigenvalue weighted by Gasteiger charge is -2.13. The van der Waals surface area contributed by atoms with E-state index in [4.69, 9.17) is 11.5 Å². The first kappa shape index (κ1) is 6.99. The molecule has 0 aromatic carbocycles. The summed E-state index contributed by atoms with van der Waals surface area (Å²) in [5.74, 6) is 0.523. The molecule has 1 aliphatic heterocycles. The summed E-state index contributed by atoms with van der Waals surface area (Å²) < 4.78 is 0. The smallest absolute Gasteiger partial charge is 0.0562 e. The largest absolute Gasteiger partial charge is 0.316 e. The van der Waals surface area contributed by atoms with Crippen LogP contribution in [0.25, 0.3) is 0 Å². The lowest BCUT2D eigenvalue weighted by Crippen LogP contribution is -2.39. The van der Waals surface area contributed by atoms with Crippen LogP contribution in [0.2, 0.25) is 0 Å². The Labute approximate surface area is 56.0 Å². The quantitative estimate of drug-likeness (QED) is 0.455. The van der Waals surface area contributed by atoms with E-state index in [1.807, 2.05) is 0 Å². The lowest BCUT2D eigenvalue weighted by molar-refractivity contribution is 0.372. The molecule has 1 heterocycles. The van der Waals surface area contributed by atoms with Crippen LogP contribution in [0.4, 0.5) is 0 Å². The highest BCUT2D eigenvalue weighted by Gasteiger charge is 2.22. The molecule has 0 aromatic heterocycles. The van der Waals surface area contributed by atoms with Crippen LogP contribution in [0, 0.1) is 5.92 Å². The van der Waals surface area contributed by atoms with E-state index in [0.717, 1.165) is 19.5 Å². The molecule has 3 nitrogen and oxygen atoms in total. The Morgan fingerprint density at radius 3 is 2.44 bits per heavy atom. The van der Waals surface area contributed by atoms with E-state index < -0.39 is 0 Å². The van der Waals surface area contributed by atoms with Crippen molar-refractivity contribution in [2.75, 3.05) is 20.1 Å². The van der Waals surface area contributed by atoms with E-state index >= 15 is 0 Å². The molecule has 0 bridgehead atoms. The first-order valence-corrected chi connectivity index (χ1v) is 3.40. The molecular weight excluding hydrogens is 114 g/mol. The molecule has 1 fully saturated rings. The van der Waals surface area contributed by atoms with Crippen LogP contribution in [0.3, 0.4) is 0 Å². The molecule has 0 amide bonds. The van der Waals surface area contributed by atoms with Gasteiger partial charge in [-0.15, -0.1) is 0 Å². The summed E-state index contributed by atoms with van der Waals surface area (Å²) in [6.45, 7) is 2.22. The van der Waals surface area contributed by atoms with Gasteiger partial charge in [0.2, 0.25) is 0 Å². The maximum absolute atomic E-state index is 5.51. The van der Waals surface area contributed by atoms with Gasteiger partial charge in [0, 0.05) is 12.5 Å². The van der Waals surface area contributed by atoms with Gasteiger partial charge in [0.25, 0.3) is 0 Å². The summed E-state index contributed by atoms with van der Waals surface area (Å²) in [5.41, 5.74) is 11.0. The van der Waals surface area contributed by atoms with Gasteiger partial charge in [-0.2, -0.15) is 0 Å². The van der Waals surface area contributed by atoms with Crippen LogP contribution in [0.5, 0.6) is 0 Å². The molecule has 54 valence electrons. The monoisotopic (exact) mass is 129 g/mol. The van der Waals surface area contributed by atoms with Gasteiger partial charge in [-0.05, 0) is 20.0 Å². The summed E-state index contributed by atoms with van der Waals surface area (Å²) in [5, 5.41) is 0. The van der Waals surface area contributed by atoms with E-state index in [2.05, 4.69) is 11.9 Å². The van der Waals surface area contributed by atoms with Gasteiger partial charge in [-0.1, -0.05) is 0 Å². The minimum atomic E-state index is -0.116. The number of nitrogens with zero attached hydrogens (tertiary/aromatic N) is 1. The summed E-state index contributed by atoms with van der Waals surface area (Å²) in [7, 11) is 2.10. The fourth-order valence-corrected chi connectivity index (χ4v) is 1.28. The van der Waals surface area contributed by atoms with Gasteiger partial charge in [0.15, 0.2) is 0 Å². The predicted octanol–water partition coefficient (Wildman–Crippen LogP) is -0.818. The zero-order valence-corrected chi connectivity index (χ0v) is 5.88. The minimum absolute atomic E-state index is 0.116. The van der Waals surface area contributed by atoms with Crippen LogP contribution in [-0.2, 0) is 0 Å². The fourth-order valence-electron chi connectivity index (χ4n) is 1.28. The number of rotatable bonds is 1. The van der Waals surface area contributed by atoms with Gasteiger partial charge in [-0.3, -0.25) is 0 Å². The molecule has 0 radical (unpaired) electrons. The van der Waals surface area contributed by atoms with Crippen molar-refractivity contribution < 1.29 is 0 Å². The third-order valence-electron chi connectivity index (χ3n) is 1.97. The summed E-state index contributed by atoms with van der Waals surface area (Å²) in [6, 6.07) is 0. The standard InChI is InChI=1S/C6H15N3/c1-9-3-2-5(4-9)6(7)8/h5-6H,2-4,7-8H2,1H3. The Kier molecular flexibility index (Phi) is 2.05. The zero-order valence-electron chi connectivity index (χ0n) is 5.88. The summed E-state index contributed by atoms with van der Waals surface area (Å²) in [6.07, 6.45) is 1.05. The van der Waals surface area contributed by atoms with Gasteiger partial charge < -0.3 is 16.4 Å². The van der Waals surface area contributed by atoms with Crippen LogP contribution >= 0.6 is 0 Å². The highest BCUT2D eigenvalue weighted by atomic mass is 15.1. The number of nitrogens with two attached hydrogens (primary N) is 2. The molecule has 9 heavy (non-hydrogen) atoms. The van der Waals surface area contributed by atoms with Crippen molar-refractivity contribution in [1.82, 2.24) is 4.90 Å². The molecule has 4 N–H and O–H groups in total. The van der Waals surface area contributed by atoms with Crippen LogP contribution in [-0.4, -0.2) is 31.2 Å². The summed E-state index contributed by atoms with van der Waals surface area (Å²) >= 11 is 0. The normalized spacial score (nSPS) is 30.0. The maximum Gasteiger partial charge on any atom is 0.0562 e. The van der Waals surface area contributed by atoms with Crippen LogP contribution in [0.15, 0.2) is 0 Å². The van der Waals surface area contributed by atoms with Gasteiger partial charge >= 0.3 is 0 Å². The van der Waals surface area contributed by atoms with Gasteiger partial charge in [0.05, 0.1) is 6.17 Å². The molecule has 1 unspecified atom stereocenters. The Morgan fingerprint density at radius 2 is 2.22 bits per heavy atom. The van der Waals surface area contributed by atoms with E-state index in [1.165, 1.54) is 0 Å². The van der Waals surface area contributed by atoms with Crippen molar-refractivity contribution >= 4 is 0 Å². The Balaban J connectivity index is 2.30. The molecule has 0 aliphatic carbocycles. The van der Waals surface area contributed by atoms with E-state index in [-0.39, 0.29) is 6.17 Å². The number of hydrogen-bond donors (Lipinski definition) is 2. The van der Waals surface area contributed by atoms with Crippen molar-refractivity contribution in [1.29, 1.82) is 0 Å². The van der Waals surface area contributed by atoms with Crippen molar-refractivity contribution in [2.24, 2.45) is 17.4 Å². The second-order valence-corrected chi connectivity index (χ2v) is 2.89. The Bertz CT molecular complexity index is 92.3. The second kappa shape index (κ2) is 2.64. The fraction of sp³-hybridized carbons (Fsp3) is 1.00. The lowest BCUT2D eigenvalue weighted by atomic mass is 10.1. The van der Waals surface area contributed by atoms with Crippen molar-refractivity contribution in [2.45, 2.75) is 12.6 Å². The third kappa shape index (κ3) is 1.64. The molecule has 1 saturated heterocycles. The molecule has 0 spiro atoms. The molecule has 1 atom stereocenters. The summed E-state index contributed by atoms with van der Waals surface area (Å²) in [4.78, 5) is 2.26. The zero-order chi connectivity index (χ0) is 6.85. The molecular formula is C6H15N3. The Hall–Kier alpha value is -0.120. The topological polar surface area (TPSA) is 55.3 Å². The van der Waals surface area contributed by atoms with Crippen LogP contribution < -0.4 is 11.5 Å². The van der Waals surface area contributed by atoms with Crippen molar-refractivity contribution in [3.8, 4) is 0 Å². The molecule has 1 aliphatic rings. The van der Waals surface area contributed by atoms with E-state index in [9.17, 15) is 0 Å². The molecule has 3 heteroatoms. The van der Waals surface area contributed by atoms with Crippen molar-refractivity contribution in [3.05, 3.63) is 0 Å². The van der Waals surface area contributed by atoms with Gasteiger partial charge in [0.1, 0.15) is 0 Å². The number of likely N-dealkylation sites (tertiary alicyclic amines) is 1. The van der Waals surface area contributed by atoms with Crippen LogP contribution in [0.1, 0.15) is 6.42 Å². The highest BCUT2D eigenvalue weighted by Crippen LogP contribution is 2.13. The Morgan fingerprint density at radius 1 is 1.56 bits per heavy atom. The maximum atomic E-state index is 5.51. The van der Waals surface area contributed by atoms with Crippen molar-refractivity contribution in [3.63, 3.8) is 0 Å². The van der Waals surface area contributed by atoms with E-state index in [1.54, 1.807) is 0 Å². The first-order chi connectivity index (χ1) is 4.20. The highest BCUT2D eigenvalue weighted by molar-refractivity contribution is 4.77. The SMILES string of the molecule is CN1CCC(C(N)N)C1. The predicted molar refractivity (Wildman–Crippen MR) is 37.8 cm³/mol. The molecule has 0 saturated carbocycles. The van der Waals surface area contributed by atoms with Gasteiger partial charge in [-0.25, -0.2) is 0 Å². The second-order valence-electron chi connectivity index (χ2n) is 2.89. The molecule has 0 aromatic rings. The average molecular weight is 129 g/mol. The van der Waals surface area contributed by atoms with E-state index in [0.29, 0.717) is 5.92 Å². The average Bonchev–Trinajstić information content (AvgIpc) is 2.14. The molecule has 1 rings (SSSR count).